The number of carbonyl (C=O) groups excluding carboxylic acids is 1. The van der Waals surface area contributed by atoms with Crippen molar-refractivity contribution in [3.05, 3.63) is 42.9 Å². The molecule has 2 atom stereocenters. The predicted molar refractivity (Wildman–Crippen MR) is 60.8 cm³/mol. The minimum absolute atomic E-state index is 0.141. The summed E-state index contributed by atoms with van der Waals surface area (Å²) in [6.45, 7) is 1.62. The average molecular weight is 219 g/mol. The van der Waals surface area contributed by atoms with E-state index in [0.717, 1.165) is 23.4 Å². The van der Waals surface area contributed by atoms with Crippen LogP contribution in [0.1, 0.15) is 12.0 Å². The molecule has 1 fully saturated rings. The number of nitrogens with one attached hydrogen (secondary N) is 1. The highest BCUT2D eigenvalue weighted by Crippen LogP contribution is 2.30. The van der Waals surface area contributed by atoms with E-state index in [9.17, 15) is 4.79 Å². The molecular formula is C13H17NO2. The van der Waals surface area contributed by atoms with Gasteiger partial charge in [-0.2, -0.15) is 7.05 Å². The predicted octanol–water partition coefficient (Wildman–Crippen LogP) is 0.178. The number of benzene rings is 1. The summed E-state index contributed by atoms with van der Waals surface area (Å²) in [4.78, 5) is 13.2. The maximum Gasteiger partial charge on any atom is 0.322 e. The first-order chi connectivity index (χ1) is 7.69. The van der Waals surface area contributed by atoms with Gasteiger partial charge in [0.1, 0.15) is 5.41 Å². The molecule has 0 aliphatic carbocycles. The molecule has 0 aromatic heterocycles. The van der Waals surface area contributed by atoms with Crippen LogP contribution in [-0.4, -0.2) is 26.2 Å². The molecule has 86 valence electrons. The van der Waals surface area contributed by atoms with Crippen molar-refractivity contribution in [2.75, 3.05) is 20.2 Å². The van der Waals surface area contributed by atoms with Gasteiger partial charge in [0, 0.05) is 6.42 Å². The van der Waals surface area contributed by atoms with Crippen molar-refractivity contribution >= 4 is 5.97 Å². The quantitative estimate of drug-likeness (QED) is 0.568. The van der Waals surface area contributed by atoms with Crippen molar-refractivity contribution in [1.29, 1.82) is 0 Å². The molecule has 1 heterocycles. The largest absolute Gasteiger partial charge is 0.468 e. The summed E-state index contributed by atoms with van der Waals surface area (Å²) in [5.41, 5.74) is 0.549. The molecule has 3 nitrogen and oxygen atoms in total. The second-order valence-corrected chi connectivity index (χ2v) is 4.37. The first kappa shape index (κ1) is 11.1. The van der Waals surface area contributed by atoms with E-state index in [2.05, 4.69) is 7.05 Å². The minimum Gasteiger partial charge on any atom is -0.468 e. The van der Waals surface area contributed by atoms with Gasteiger partial charge in [-0.3, -0.25) is 4.79 Å². The fraction of sp³-hybridized carbons (Fsp3) is 0.385. The third-order valence-electron chi connectivity index (χ3n) is 3.36. The lowest BCUT2D eigenvalue weighted by Crippen LogP contribution is -3.05. The summed E-state index contributed by atoms with van der Waals surface area (Å²) in [5.74, 6) is -0.141. The smallest absolute Gasteiger partial charge is 0.322 e. The lowest BCUT2D eigenvalue weighted by atomic mass is 9.80. The molecule has 0 bridgehead atoms. The third-order valence-corrected chi connectivity index (χ3v) is 3.36. The molecular weight excluding hydrogens is 202 g/mol. The summed E-state index contributed by atoms with van der Waals surface area (Å²) < 4.78 is 4.96. The van der Waals surface area contributed by atoms with Gasteiger partial charge in [-0.05, 0) is 5.56 Å². The van der Waals surface area contributed by atoms with E-state index >= 15 is 0 Å². The molecule has 1 aliphatic heterocycles. The van der Waals surface area contributed by atoms with Gasteiger partial charge in [-0.1, -0.05) is 30.3 Å². The molecule has 1 aliphatic rings. The molecule has 1 saturated heterocycles. The van der Waals surface area contributed by atoms with Crippen LogP contribution in [0.15, 0.2) is 30.3 Å². The molecule has 1 N–H and O–H groups in total. The van der Waals surface area contributed by atoms with Crippen LogP contribution in [-0.2, 0) is 14.9 Å². The van der Waals surface area contributed by atoms with E-state index in [1.165, 1.54) is 7.11 Å². The van der Waals surface area contributed by atoms with E-state index in [1.54, 1.807) is 0 Å². The Morgan fingerprint density at radius 2 is 2.12 bits per heavy atom. The highest BCUT2D eigenvalue weighted by atomic mass is 16.5. The lowest BCUT2D eigenvalue weighted by Gasteiger charge is -2.25. The zero-order chi connectivity index (χ0) is 11.6. The summed E-state index contributed by atoms with van der Waals surface area (Å²) >= 11 is 0. The van der Waals surface area contributed by atoms with Crippen molar-refractivity contribution in [1.82, 2.24) is 0 Å². The standard InChI is InChI=1S/C13H17NO2/c1-14-9-8-13(10-14,12(15)16-2)11-6-4-3-5-7-11/h3-7,14H,1,8-10H2,2H3. The Kier molecular flexibility index (Phi) is 2.97. The first-order valence-corrected chi connectivity index (χ1v) is 5.49. The van der Waals surface area contributed by atoms with E-state index in [0.29, 0.717) is 6.54 Å². The number of carbonyl (C=O) groups is 1. The molecule has 2 rings (SSSR count). The Bertz CT molecular complexity index is 377. The Morgan fingerprint density at radius 3 is 2.62 bits per heavy atom. The van der Waals surface area contributed by atoms with Crippen LogP contribution in [0.5, 0.6) is 0 Å². The van der Waals surface area contributed by atoms with Crippen LogP contribution in [0, 0.1) is 7.05 Å². The number of rotatable bonds is 2. The zero-order valence-electron chi connectivity index (χ0n) is 9.53. The van der Waals surface area contributed by atoms with Gasteiger partial charge in [0.05, 0.1) is 20.2 Å². The maximum atomic E-state index is 12.0. The van der Waals surface area contributed by atoms with Crippen molar-refractivity contribution in [3.63, 3.8) is 0 Å². The molecule has 0 spiro atoms. The Labute approximate surface area is 96.0 Å². The van der Waals surface area contributed by atoms with Crippen molar-refractivity contribution in [2.24, 2.45) is 0 Å². The topological polar surface area (TPSA) is 30.7 Å². The SMILES string of the molecule is [CH2-][NH+]1CCC(C(=O)OC)(c2ccccc2)C1. The summed E-state index contributed by atoms with van der Waals surface area (Å²) in [6.07, 6.45) is 0.808. The van der Waals surface area contributed by atoms with Crippen LogP contribution < -0.4 is 4.90 Å². The fourth-order valence-electron chi connectivity index (χ4n) is 2.48. The number of quaternary nitrogens is 1. The molecule has 2 unspecified atom stereocenters. The lowest BCUT2D eigenvalue weighted by molar-refractivity contribution is -0.841. The first-order valence-electron chi connectivity index (χ1n) is 5.49. The van der Waals surface area contributed by atoms with Gasteiger partial charge in [0.2, 0.25) is 0 Å². The van der Waals surface area contributed by atoms with E-state index in [-0.39, 0.29) is 5.97 Å². The van der Waals surface area contributed by atoms with E-state index in [1.807, 2.05) is 30.3 Å². The summed E-state index contributed by atoms with van der Waals surface area (Å²) in [6, 6.07) is 9.87. The summed E-state index contributed by atoms with van der Waals surface area (Å²) in [5, 5.41) is 0. The van der Waals surface area contributed by atoms with Gasteiger partial charge in [-0.25, -0.2) is 0 Å². The van der Waals surface area contributed by atoms with E-state index < -0.39 is 5.41 Å². The van der Waals surface area contributed by atoms with Crippen LogP contribution in [0.4, 0.5) is 0 Å². The highest BCUT2D eigenvalue weighted by Gasteiger charge is 2.47. The number of hydrogen-bond acceptors (Lipinski definition) is 2. The van der Waals surface area contributed by atoms with Gasteiger partial charge in [-0.15, -0.1) is 0 Å². The van der Waals surface area contributed by atoms with Crippen LogP contribution in [0.25, 0.3) is 0 Å². The normalized spacial score (nSPS) is 29.0. The Balaban J connectivity index is 2.40. The molecule has 0 amide bonds. The van der Waals surface area contributed by atoms with Crippen molar-refractivity contribution in [3.8, 4) is 0 Å². The van der Waals surface area contributed by atoms with E-state index in [4.69, 9.17) is 4.74 Å². The van der Waals surface area contributed by atoms with Crippen LogP contribution >= 0.6 is 0 Å². The Hall–Kier alpha value is -1.35. The highest BCUT2D eigenvalue weighted by molar-refractivity contribution is 5.83. The second-order valence-electron chi connectivity index (χ2n) is 4.37. The Morgan fingerprint density at radius 1 is 1.44 bits per heavy atom. The molecule has 16 heavy (non-hydrogen) atoms. The fourth-order valence-corrected chi connectivity index (χ4v) is 2.48. The van der Waals surface area contributed by atoms with Gasteiger partial charge in [0.15, 0.2) is 0 Å². The van der Waals surface area contributed by atoms with Gasteiger partial charge >= 0.3 is 5.97 Å². The zero-order valence-corrected chi connectivity index (χ0v) is 9.53. The molecule has 1 aromatic rings. The number of ether oxygens (including phenoxy) is 1. The minimum atomic E-state index is -0.493. The van der Waals surface area contributed by atoms with Gasteiger partial charge in [0.25, 0.3) is 0 Å². The molecule has 0 saturated carbocycles. The average Bonchev–Trinajstić information content (AvgIpc) is 2.73. The number of hydrogen-bond donors (Lipinski definition) is 1. The maximum absolute atomic E-state index is 12.0. The van der Waals surface area contributed by atoms with Crippen LogP contribution in [0.2, 0.25) is 0 Å². The number of methoxy groups -OCH3 is 1. The van der Waals surface area contributed by atoms with Crippen molar-refractivity contribution < 1.29 is 14.4 Å². The second kappa shape index (κ2) is 4.26. The molecule has 1 aromatic carbocycles. The third kappa shape index (κ3) is 1.71. The molecule has 3 heteroatoms. The van der Waals surface area contributed by atoms with Crippen molar-refractivity contribution in [2.45, 2.75) is 11.8 Å². The van der Waals surface area contributed by atoms with Gasteiger partial charge < -0.3 is 9.64 Å². The summed E-state index contributed by atoms with van der Waals surface area (Å²) in [7, 11) is 5.44. The number of likely N-dealkylation sites (tertiary alicyclic amines) is 1. The number of esters is 1. The molecule has 0 radical (unpaired) electrons. The monoisotopic (exact) mass is 219 g/mol. The van der Waals surface area contributed by atoms with Crippen LogP contribution in [0.3, 0.4) is 0 Å².